The van der Waals surface area contributed by atoms with E-state index in [2.05, 4.69) is 5.32 Å². The molecule has 12 nitrogen and oxygen atoms in total. The molecule has 4 aromatic carbocycles. The molecule has 14 heteroatoms. The van der Waals surface area contributed by atoms with Gasteiger partial charge in [0.05, 0.1) is 49.7 Å². The Morgan fingerprint density at radius 3 is 2.44 bits per heavy atom. The number of carbonyl (C=O) groups is 3. The maximum absolute atomic E-state index is 15.2. The van der Waals surface area contributed by atoms with E-state index < -0.39 is 37.5 Å². The van der Waals surface area contributed by atoms with Crippen LogP contribution in [0.25, 0.3) is 0 Å². The third-order valence-corrected chi connectivity index (χ3v) is 15.0. The molecule has 3 aliphatic rings. The first kappa shape index (κ1) is 44.5. The van der Waals surface area contributed by atoms with Crippen LogP contribution in [0, 0.1) is 5.92 Å². The second-order valence-corrected chi connectivity index (χ2v) is 21.3. The zero-order valence-electron chi connectivity index (χ0n) is 35.4. The number of nitrogens with one attached hydrogen (secondary N) is 1. The van der Waals surface area contributed by atoms with Gasteiger partial charge in [-0.15, -0.1) is 0 Å². The topological polar surface area (TPSA) is 152 Å². The summed E-state index contributed by atoms with van der Waals surface area (Å²) in [6.07, 6.45) is 0.982. The summed E-state index contributed by atoms with van der Waals surface area (Å²) >= 11 is 6.66. The summed E-state index contributed by atoms with van der Waals surface area (Å²) in [4.78, 5) is 60.5. The van der Waals surface area contributed by atoms with Gasteiger partial charge >= 0.3 is 0 Å². The first-order valence-corrected chi connectivity index (χ1v) is 24.7. The summed E-state index contributed by atoms with van der Waals surface area (Å²) in [7, 11) is -3.10. The molecule has 61 heavy (non-hydrogen) atoms. The van der Waals surface area contributed by atoms with Crippen molar-refractivity contribution in [1.29, 1.82) is 0 Å². The molecule has 3 aliphatic heterocycles. The van der Waals surface area contributed by atoms with Gasteiger partial charge in [0.2, 0.25) is 11.8 Å². The van der Waals surface area contributed by atoms with Crippen molar-refractivity contribution >= 4 is 54.7 Å². The van der Waals surface area contributed by atoms with Crippen molar-refractivity contribution in [2.75, 3.05) is 42.7 Å². The molecule has 0 saturated carbocycles. The van der Waals surface area contributed by atoms with E-state index in [1.807, 2.05) is 106 Å². The van der Waals surface area contributed by atoms with Crippen LogP contribution in [-0.2, 0) is 44.2 Å². The van der Waals surface area contributed by atoms with E-state index >= 15 is 4.79 Å². The maximum atomic E-state index is 15.2. The third-order valence-electron chi connectivity index (χ3n) is 12.3. The number of ether oxygens (including phenoxy) is 2. The van der Waals surface area contributed by atoms with Gasteiger partial charge in [0.15, 0.2) is 13.9 Å². The molecule has 3 amide bonds. The van der Waals surface area contributed by atoms with Gasteiger partial charge in [-0.25, -0.2) is 0 Å². The number of hydrogen-bond acceptors (Lipinski definition) is 9. The molecule has 1 spiro atoms. The Hall–Kier alpha value is -4.60. The average molecular weight is 870 g/mol. The van der Waals surface area contributed by atoms with Gasteiger partial charge in [-0.2, -0.15) is 0 Å². The van der Waals surface area contributed by atoms with Gasteiger partial charge in [0.25, 0.3) is 5.91 Å². The average Bonchev–Trinajstić information content (AvgIpc) is 3.65. The molecule has 0 aromatic heterocycles. The first-order chi connectivity index (χ1) is 29.3. The number of fused-ring (bicyclic) bond motifs is 3. The van der Waals surface area contributed by atoms with E-state index in [1.54, 1.807) is 26.8 Å². The molecule has 1 unspecified atom stereocenters. The molecule has 4 N–H and O–H groups in total. The Balaban J connectivity index is 1.20. The highest BCUT2D eigenvalue weighted by molar-refractivity contribution is 6.71. The lowest BCUT2D eigenvalue weighted by Crippen LogP contribution is -2.49. The number of rotatable bonds is 17. The van der Waals surface area contributed by atoms with Crippen LogP contribution in [0.1, 0.15) is 55.4 Å². The summed E-state index contributed by atoms with van der Waals surface area (Å²) < 4.78 is 12.8. The fourth-order valence-corrected chi connectivity index (χ4v) is 12.3. The lowest BCUT2D eigenvalue weighted by atomic mass is 9.82. The largest absolute Gasteiger partial charge is 0.494 e. The highest BCUT2D eigenvalue weighted by atomic mass is 35.5. The minimum Gasteiger partial charge on any atom is -0.494 e. The molecule has 0 bridgehead atoms. The van der Waals surface area contributed by atoms with Crippen LogP contribution in [0.3, 0.4) is 0 Å². The monoisotopic (exact) mass is 868 g/mol. The SMILES string of the molecule is CCOc1ccc2c(c1)CC(NCCCCO)C(=O)N2c1cccc(CN2C(=O)[C@]3(O[C@H](CC(=O)N(CCO)Cc4ccccc4)[C@@H]([Si](C)(C)O)[C@@H]3C)c3cc(Cl)ccc32)c1. The molecule has 4 aromatic rings. The summed E-state index contributed by atoms with van der Waals surface area (Å²) in [5.74, 6) is -0.461. The maximum Gasteiger partial charge on any atom is 0.264 e. The number of aliphatic hydroxyl groups excluding tert-OH is 2. The predicted molar refractivity (Wildman–Crippen MR) is 238 cm³/mol. The van der Waals surface area contributed by atoms with E-state index in [4.69, 9.17) is 21.1 Å². The Morgan fingerprint density at radius 1 is 0.967 bits per heavy atom. The zero-order valence-corrected chi connectivity index (χ0v) is 37.1. The molecule has 7 rings (SSSR count). The summed E-state index contributed by atoms with van der Waals surface area (Å²) in [5, 5.41) is 23.1. The Labute approximate surface area is 364 Å². The fourth-order valence-electron chi connectivity index (χ4n) is 9.62. The number of anilines is 3. The van der Waals surface area contributed by atoms with Crippen LogP contribution in [0.5, 0.6) is 5.75 Å². The normalized spacial score (nSPS) is 22.2. The lowest BCUT2D eigenvalue weighted by molar-refractivity contribution is -0.150. The zero-order chi connectivity index (χ0) is 43.5. The van der Waals surface area contributed by atoms with E-state index in [0.29, 0.717) is 54.5 Å². The number of unbranched alkanes of at least 4 members (excludes halogenated alkanes) is 1. The van der Waals surface area contributed by atoms with E-state index in [9.17, 15) is 24.6 Å². The fraction of sp³-hybridized carbons (Fsp3) is 0.426. The highest BCUT2D eigenvalue weighted by Crippen LogP contribution is 2.60. The predicted octanol–water partition coefficient (Wildman–Crippen LogP) is 6.45. The number of halogens is 1. The smallest absolute Gasteiger partial charge is 0.264 e. The standard InChI is InChI=1S/C47H57ClN4O8Si/c1-5-59-37-17-19-40-34(25-37)26-39(49-20-9-10-22-53)45(56)52(40)36-15-11-14-33(24-36)30-51-41-18-16-35(48)27-38(41)47(46(51)57)31(2)44(61(3,4)58)42(60-47)28-43(55)50(21-23-54)29-32-12-7-6-8-13-32/h6-8,11-19,24-25,27,31,39,42,44,49,53-54,58H,5,9-10,20-23,26,28-30H2,1-4H3/t31-,39?,42+,44-,47+/m0/s1. The van der Waals surface area contributed by atoms with Gasteiger partial charge < -0.3 is 39.6 Å². The number of hydrogen-bond donors (Lipinski definition) is 4. The van der Waals surface area contributed by atoms with E-state index in [1.165, 1.54) is 0 Å². The molecule has 324 valence electrons. The van der Waals surface area contributed by atoms with E-state index in [0.717, 1.165) is 34.5 Å². The van der Waals surface area contributed by atoms with Crippen LogP contribution < -0.4 is 19.9 Å². The van der Waals surface area contributed by atoms with Crippen molar-refractivity contribution in [3.63, 3.8) is 0 Å². The Morgan fingerprint density at radius 2 is 1.72 bits per heavy atom. The van der Waals surface area contributed by atoms with Gasteiger partial charge in [0, 0.05) is 47.4 Å². The van der Waals surface area contributed by atoms with Gasteiger partial charge in [0.1, 0.15) is 5.75 Å². The van der Waals surface area contributed by atoms with Crippen molar-refractivity contribution < 1.29 is 38.9 Å². The second-order valence-electron chi connectivity index (χ2n) is 16.9. The molecular weight excluding hydrogens is 812 g/mol. The third kappa shape index (κ3) is 9.01. The van der Waals surface area contributed by atoms with Crippen molar-refractivity contribution in [2.45, 2.75) is 89.0 Å². The number of carbonyl (C=O) groups excluding carboxylic acids is 3. The molecule has 5 atom stereocenters. The summed E-state index contributed by atoms with van der Waals surface area (Å²) in [6, 6.07) is 27.7. The highest BCUT2D eigenvalue weighted by Gasteiger charge is 2.66. The molecule has 1 fully saturated rings. The Bertz CT molecular complexity index is 2220. The van der Waals surface area contributed by atoms with Crippen LogP contribution in [0.4, 0.5) is 17.1 Å². The summed E-state index contributed by atoms with van der Waals surface area (Å²) in [5.41, 5.74) is 3.23. The van der Waals surface area contributed by atoms with Crippen LogP contribution in [-0.4, -0.2) is 91.0 Å². The quantitative estimate of drug-likeness (QED) is 0.0694. The summed E-state index contributed by atoms with van der Waals surface area (Å²) in [6.45, 7) is 9.02. The van der Waals surface area contributed by atoms with Gasteiger partial charge in [-0.05, 0) is 111 Å². The van der Waals surface area contributed by atoms with E-state index in [-0.39, 0.29) is 50.4 Å². The number of benzene rings is 4. The minimum absolute atomic E-state index is 0.0828. The molecule has 3 heterocycles. The van der Waals surface area contributed by atoms with Crippen LogP contribution in [0.15, 0.2) is 91.0 Å². The van der Waals surface area contributed by atoms with Crippen molar-refractivity contribution in [3.05, 3.63) is 118 Å². The second kappa shape index (κ2) is 18.8. The minimum atomic E-state index is -3.10. The van der Waals surface area contributed by atoms with Crippen LogP contribution >= 0.6 is 11.6 Å². The van der Waals surface area contributed by atoms with Crippen LogP contribution in [0.2, 0.25) is 23.7 Å². The molecule has 0 radical (unpaired) electrons. The lowest BCUT2D eigenvalue weighted by Gasteiger charge is -2.35. The number of nitrogens with zero attached hydrogens (tertiary/aromatic N) is 3. The van der Waals surface area contributed by atoms with Crippen molar-refractivity contribution in [2.24, 2.45) is 5.92 Å². The molecule has 0 aliphatic carbocycles. The number of amides is 3. The van der Waals surface area contributed by atoms with Gasteiger partial charge in [-0.1, -0.05) is 61.0 Å². The van der Waals surface area contributed by atoms with Crippen molar-refractivity contribution in [1.82, 2.24) is 10.2 Å². The molecular formula is C47H57ClN4O8Si. The van der Waals surface area contributed by atoms with Crippen molar-refractivity contribution in [3.8, 4) is 5.75 Å². The van der Waals surface area contributed by atoms with Gasteiger partial charge in [-0.3, -0.25) is 19.3 Å². The first-order valence-electron chi connectivity index (χ1n) is 21.3. The Kier molecular flexibility index (Phi) is 13.7. The molecule has 1 saturated heterocycles. The number of aliphatic hydroxyl groups is 2.